The fourth-order valence-corrected chi connectivity index (χ4v) is 1.90. The zero-order chi connectivity index (χ0) is 14.7. The van der Waals surface area contributed by atoms with Crippen molar-refractivity contribution < 1.29 is 18.8 Å². The van der Waals surface area contributed by atoms with Gasteiger partial charge >= 0.3 is 6.03 Å². The fraction of sp³-hybridized carbons (Fsp3) is 0.308. The highest BCUT2D eigenvalue weighted by Crippen LogP contribution is 2.09. The van der Waals surface area contributed by atoms with Gasteiger partial charge in [0.25, 0.3) is 5.91 Å². The van der Waals surface area contributed by atoms with Crippen molar-refractivity contribution in [3.05, 3.63) is 35.1 Å². The topological polar surface area (TPSA) is 78.5 Å². The second kappa shape index (κ2) is 5.68. The van der Waals surface area contributed by atoms with Crippen LogP contribution >= 0.6 is 0 Å². The van der Waals surface area contributed by atoms with E-state index in [0.29, 0.717) is 5.56 Å². The standard InChI is InChI=1S/C13H14FN3O3/c1-8-2-3-9(14)6-10(8)12(19)15-4-5-17-11(18)7-16-13(17)20/h2-3,6H,4-5,7H2,1H3,(H,15,19)(H,16,20). The molecule has 1 saturated heterocycles. The minimum Gasteiger partial charge on any atom is -0.350 e. The van der Waals surface area contributed by atoms with E-state index in [1.165, 1.54) is 12.1 Å². The Morgan fingerprint density at radius 1 is 1.45 bits per heavy atom. The summed E-state index contributed by atoms with van der Waals surface area (Å²) in [4.78, 5) is 35.5. The minimum absolute atomic E-state index is 0.0181. The zero-order valence-electron chi connectivity index (χ0n) is 10.9. The first kappa shape index (κ1) is 14.0. The van der Waals surface area contributed by atoms with Crippen LogP contribution in [0.2, 0.25) is 0 Å². The largest absolute Gasteiger partial charge is 0.350 e. The normalized spacial score (nSPS) is 14.4. The van der Waals surface area contributed by atoms with Gasteiger partial charge < -0.3 is 10.6 Å². The Bertz CT molecular complexity index is 558. The maximum Gasteiger partial charge on any atom is 0.324 e. The summed E-state index contributed by atoms with van der Waals surface area (Å²) in [6, 6.07) is 3.48. The molecule has 1 aromatic carbocycles. The van der Waals surface area contributed by atoms with Crippen molar-refractivity contribution in [1.29, 1.82) is 0 Å². The summed E-state index contributed by atoms with van der Waals surface area (Å²) in [5.74, 6) is -1.25. The number of nitrogens with one attached hydrogen (secondary N) is 2. The van der Waals surface area contributed by atoms with Gasteiger partial charge in [-0.2, -0.15) is 0 Å². The Kier molecular flexibility index (Phi) is 3.97. The van der Waals surface area contributed by atoms with Crippen LogP contribution < -0.4 is 10.6 Å². The summed E-state index contributed by atoms with van der Waals surface area (Å²) in [6.07, 6.45) is 0. The highest BCUT2D eigenvalue weighted by molar-refractivity contribution is 6.02. The second-order valence-electron chi connectivity index (χ2n) is 4.42. The molecule has 0 spiro atoms. The first-order chi connectivity index (χ1) is 9.49. The number of imide groups is 1. The van der Waals surface area contributed by atoms with E-state index in [0.717, 1.165) is 11.0 Å². The van der Waals surface area contributed by atoms with E-state index >= 15 is 0 Å². The highest BCUT2D eigenvalue weighted by Gasteiger charge is 2.27. The number of urea groups is 1. The lowest BCUT2D eigenvalue weighted by Crippen LogP contribution is -2.38. The summed E-state index contributed by atoms with van der Waals surface area (Å²) in [6.45, 7) is 1.89. The van der Waals surface area contributed by atoms with Crippen LogP contribution in [0.15, 0.2) is 18.2 Å². The molecule has 0 unspecified atom stereocenters. The van der Waals surface area contributed by atoms with Crippen molar-refractivity contribution in [2.24, 2.45) is 0 Å². The van der Waals surface area contributed by atoms with Crippen molar-refractivity contribution in [2.75, 3.05) is 19.6 Å². The molecule has 6 nitrogen and oxygen atoms in total. The van der Waals surface area contributed by atoms with Crippen LogP contribution in [0.4, 0.5) is 9.18 Å². The third-order valence-corrected chi connectivity index (χ3v) is 3.00. The predicted molar refractivity (Wildman–Crippen MR) is 68.6 cm³/mol. The number of nitrogens with zero attached hydrogens (tertiary/aromatic N) is 1. The molecule has 0 atom stereocenters. The van der Waals surface area contributed by atoms with Crippen molar-refractivity contribution in [3.8, 4) is 0 Å². The number of carbonyl (C=O) groups excluding carboxylic acids is 3. The molecule has 7 heteroatoms. The molecule has 0 saturated carbocycles. The van der Waals surface area contributed by atoms with Gasteiger partial charge in [0.15, 0.2) is 0 Å². The first-order valence-corrected chi connectivity index (χ1v) is 6.11. The van der Waals surface area contributed by atoms with Crippen molar-refractivity contribution in [1.82, 2.24) is 15.5 Å². The molecule has 0 bridgehead atoms. The van der Waals surface area contributed by atoms with Crippen molar-refractivity contribution in [2.45, 2.75) is 6.92 Å². The number of carbonyl (C=O) groups is 3. The van der Waals surface area contributed by atoms with Crippen molar-refractivity contribution in [3.63, 3.8) is 0 Å². The lowest BCUT2D eigenvalue weighted by atomic mass is 10.1. The van der Waals surface area contributed by atoms with Crippen LogP contribution in [0.1, 0.15) is 15.9 Å². The van der Waals surface area contributed by atoms with Gasteiger partial charge in [-0.1, -0.05) is 6.07 Å². The molecular formula is C13H14FN3O3. The molecule has 4 amide bonds. The van der Waals surface area contributed by atoms with Gasteiger partial charge in [0, 0.05) is 18.7 Å². The number of halogens is 1. The van der Waals surface area contributed by atoms with E-state index in [4.69, 9.17) is 0 Å². The molecule has 1 aromatic rings. The van der Waals surface area contributed by atoms with E-state index in [2.05, 4.69) is 10.6 Å². The monoisotopic (exact) mass is 279 g/mol. The van der Waals surface area contributed by atoms with Crippen LogP contribution in [-0.4, -0.2) is 42.4 Å². The summed E-state index contributed by atoms with van der Waals surface area (Å²) < 4.78 is 13.1. The maximum absolute atomic E-state index is 13.1. The Balaban J connectivity index is 1.91. The Morgan fingerprint density at radius 2 is 2.20 bits per heavy atom. The summed E-state index contributed by atoms with van der Waals surface area (Å²) in [5.41, 5.74) is 0.890. The molecule has 0 radical (unpaired) electrons. The fourth-order valence-electron chi connectivity index (χ4n) is 1.90. The van der Waals surface area contributed by atoms with Gasteiger partial charge in [0.2, 0.25) is 5.91 Å². The molecule has 1 aliphatic heterocycles. The second-order valence-corrected chi connectivity index (χ2v) is 4.42. The van der Waals surface area contributed by atoms with Gasteiger partial charge in [-0.15, -0.1) is 0 Å². The molecule has 1 heterocycles. The summed E-state index contributed by atoms with van der Waals surface area (Å²) >= 11 is 0. The van der Waals surface area contributed by atoms with Crippen LogP contribution in [0.3, 0.4) is 0 Å². The first-order valence-electron chi connectivity index (χ1n) is 6.11. The van der Waals surface area contributed by atoms with Gasteiger partial charge in [-0.3, -0.25) is 14.5 Å². The Morgan fingerprint density at radius 3 is 2.85 bits per heavy atom. The van der Waals surface area contributed by atoms with Crippen LogP contribution in [0.5, 0.6) is 0 Å². The van der Waals surface area contributed by atoms with Crippen molar-refractivity contribution >= 4 is 17.8 Å². The lowest BCUT2D eigenvalue weighted by molar-refractivity contribution is -0.124. The van der Waals surface area contributed by atoms with Crippen LogP contribution in [0, 0.1) is 12.7 Å². The number of rotatable bonds is 4. The average molecular weight is 279 g/mol. The predicted octanol–water partition coefficient (Wildman–Crippen LogP) is 0.416. The average Bonchev–Trinajstić information content (AvgIpc) is 2.73. The number of amides is 4. The SMILES string of the molecule is Cc1ccc(F)cc1C(=O)NCCN1C(=O)CNC1=O. The molecule has 2 N–H and O–H groups in total. The summed E-state index contributed by atoms with van der Waals surface area (Å²) in [7, 11) is 0. The van der Waals surface area contributed by atoms with E-state index < -0.39 is 17.8 Å². The molecule has 0 aromatic heterocycles. The molecule has 20 heavy (non-hydrogen) atoms. The number of aryl methyl sites for hydroxylation is 1. The van der Waals surface area contributed by atoms with E-state index in [-0.39, 0.29) is 31.1 Å². The molecule has 0 aliphatic carbocycles. The maximum atomic E-state index is 13.1. The zero-order valence-corrected chi connectivity index (χ0v) is 10.9. The Hall–Kier alpha value is -2.44. The van der Waals surface area contributed by atoms with E-state index in [1.807, 2.05) is 0 Å². The number of hydrogen-bond acceptors (Lipinski definition) is 3. The van der Waals surface area contributed by atoms with E-state index in [1.54, 1.807) is 6.92 Å². The number of benzene rings is 1. The molecule has 106 valence electrons. The third kappa shape index (κ3) is 2.93. The van der Waals surface area contributed by atoms with E-state index in [9.17, 15) is 18.8 Å². The molecule has 1 aliphatic rings. The van der Waals surface area contributed by atoms with Gasteiger partial charge in [0.1, 0.15) is 5.82 Å². The van der Waals surface area contributed by atoms with Crippen LogP contribution in [0.25, 0.3) is 0 Å². The highest BCUT2D eigenvalue weighted by atomic mass is 19.1. The Labute approximate surface area is 114 Å². The molecule has 2 rings (SSSR count). The smallest absolute Gasteiger partial charge is 0.324 e. The van der Waals surface area contributed by atoms with Gasteiger partial charge in [-0.25, -0.2) is 9.18 Å². The quantitative estimate of drug-likeness (QED) is 0.784. The lowest BCUT2D eigenvalue weighted by Gasteiger charge is -2.13. The number of hydrogen-bond donors (Lipinski definition) is 2. The molecular weight excluding hydrogens is 265 g/mol. The molecule has 1 fully saturated rings. The summed E-state index contributed by atoms with van der Waals surface area (Å²) in [5, 5.41) is 4.94. The minimum atomic E-state index is -0.491. The van der Waals surface area contributed by atoms with Gasteiger partial charge in [-0.05, 0) is 24.6 Å². The third-order valence-electron chi connectivity index (χ3n) is 3.00. The van der Waals surface area contributed by atoms with Gasteiger partial charge in [0.05, 0.1) is 6.54 Å². The van der Waals surface area contributed by atoms with Crippen LogP contribution in [-0.2, 0) is 4.79 Å².